The molecular formula is C35H35F6N3O6. The number of aromatic amines is 1. The van der Waals surface area contributed by atoms with Crippen molar-refractivity contribution in [3.63, 3.8) is 0 Å². The van der Waals surface area contributed by atoms with Gasteiger partial charge in [0, 0.05) is 7.11 Å². The number of methoxy groups -OCH3 is 1. The molecule has 3 atom stereocenters. The van der Waals surface area contributed by atoms with Crippen LogP contribution in [0.5, 0.6) is 5.88 Å². The average Bonchev–Trinajstić information content (AvgIpc) is 3.44. The number of piperidine rings is 1. The Bertz CT molecular complexity index is 1800. The molecule has 1 aliphatic rings. The maximum atomic E-state index is 14.2. The molecule has 0 saturated carbocycles. The van der Waals surface area contributed by atoms with E-state index in [0.717, 1.165) is 0 Å². The van der Waals surface area contributed by atoms with Gasteiger partial charge in [-0.15, -0.1) is 0 Å². The molecule has 1 amide bonds. The van der Waals surface area contributed by atoms with Crippen molar-refractivity contribution >= 4 is 6.09 Å². The second kappa shape index (κ2) is 14.2. The molecule has 3 aromatic carbocycles. The molecule has 2 heterocycles. The second-order valence-electron chi connectivity index (χ2n) is 12.3. The fraction of sp³-hybridized carbons (Fsp3) is 0.371. The van der Waals surface area contributed by atoms with Crippen molar-refractivity contribution in [3.8, 4) is 5.88 Å². The van der Waals surface area contributed by atoms with E-state index in [4.69, 9.17) is 14.2 Å². The number of nitrogens with one attached hydrogen (secondary N) is 1. The van der Waals surface area contributed by atoms with E-state index in [9.17, 15) is 41.0 Å². The van der Waals surface area contributed by atoms with E-state index >= 15 is 0 Å². The van der Waals surface area contributed by atoms with Crippen LogP contribution in [0.3, 0.4) is 0 Å². The third kappa shape index (κ3) is 7.68. The number of aromatic hydroxyl groups is 1. The Morgan fingerprint density at radius 2 is 1.52 bits per heavy atom. The third-order valence-corrected chi connectivity index (χ3v) is 8.99. The SMILES string of the molecule is COC[C@]1(n2cc(O)[nH]c2=O)CC[C@@](CO[C@H](C)c2cc(C(F)(F)F)cc(C(F)(F)F)c2)(c2ccccc2)N(C(=O)OCc2ccccc2)C1. The molecule has 9 nitrogen and oxygen atoms in total. The minimum atomic E-state index is -5.06. The van der Waals surface area contributed by atoms with Crippen LogP contribution in [0, 0.1) is 0 Å². The van der Waals surface area contributed by atoms with Crippen LogP contribution in [0.2, 0.25) is 0 Å². The molecule has 268 valence electrons. The molecule has 5 rings (SSSR count). The Labute approximate surface area is 283 Å². The van der Waals surface area contributed by atoms with Crippen LogP contribution in [0.1, 0.15) is 53.7 Å². The van der Waals surface area contributed by atoms with Gasteiger partial charge in [-0.3, -0.25) is 14.5 Å². The summed E-state index contributed by atoms with van der Waals surface area (Å²) in [6.07, 6.45) is -10.8. The van der Waals surface area contributed by atoms with Crippen LogP contribution in [0.4, 0.5) is 31.1 Å². The lowest BCUT2D eigenvalue weighted by Gasteiger charge is -2.53. The number of carbonyl (C=O) groups excluding carboxylic acids is 1. The van der Waals surface area contributed by atoms with Gasteiger partial charge in [0.25, 0.3) is 0 Å². The van der Waals surface area contributed by atoms with E-state index in [2.05, 4.69) is 4.98 Å². The van der Waals surface area contributed by atoms with Crippen LogP contribution in [-0.2, 0) is 44.2 Å². The van der Waals surface area contributed by atoms with E-state index in [-0.39, 0.29) is 50.8 Å². The van der Waals surface area contributed by atoms with E-state index in [1.165, 1.54) is 29.7 Å². The van der Waals surface area contributed by atoms with E-state index in [1.807, 2.05) is 0 Å². The summed E-state index contributed by atoms with van der Waals surface area (Å²) < 4.78 is 101. The van der Waals surface area contributed by atoms with Crippen molar-refractivity contribution in [2.75, 3.05) is 26.9 Å². The molecule has 50 heavy (non-hydrogen) atoms. The van der Waals surface area contributed by atoms with Gasteiger partial charge in [-0.05, 0) is 54.7 Å². The summed E-state index contributed by atoms with van der Waals surface area (Å²) in [5.74, 6) is -0.417. The van der Waals surface area contributed by atoms with Gasteiger partial charge in [-0.1, -0.05) is 60.7 Å². The third-order valence-electron chi connectivity index (χ3n) is 8.99. The fourth-order valence-corrected chi connectivity index (χ4v) is 6.38. The summed E-state index contributed by atoms with van der Waals surface area (Å²) in [4.78, 5) is 30.8. The zero-order chi connectivity index (χ0) is 36.3. The van der Waals surface area contributed by atoms with Gasteiger partial charge < -0.3 is 19.3 Å². The molecule has 2 N–H and O–H groups in total. The maximum absolute atomic E-state index is 14.2. The normalized spacial score (nSPS) is 20.4. The van der Waals surface area contributed by atoms with E-state index in [1.54, 1.807) is 60.7 Å². The number of H-pyrrole nitrogens is 1. The molecular weight excluding hydrogens is 672 g/mol. The number of imidazole rings is 1. The monoisotopic (exact) mass is 707 g/mol. The molecule has 0 radical (unpaired) electrons. The number of halogens is 6. The summed E-state index contributed by atoms with van der Waals surface area (Å²) in [7, 11) is 1.41. The van der Waals surface area contributed by atoms with Gasteiger partial charge in [-0.25, -0.2) is 9.59 Å². The Hall–Kier alpha value is -4.76. The highest BCUT2D eigenvalue weighted by Crippen LogP contribution is 2.46. The molecule has 1 fully saturated rings. The van der Waals surface area contributed by atoms with Crippen molar-refractivity contribution in [2.45, 2.75) is 55.9 Å². The quantitative estimate of drug-likeness (QED) is 0.167. The van der Waals surface area contributed by atoms with Crippen molar-refractivity contribution in [3.05, 3.63) is 123 Å². The minimum absolute atomic E-state index is 0.0451. The van der Waals surface area contributed by atoms with Crippen LogP contribution in [-0.4, -0.2) is 52.5 Å². The number of amides is 1. The van der Waals surface area contributed by atoms with Crippen molar-refractivity contribution < 1.29 is 50.5 Å². The summed E-state index contributed by atoms with van der Waals surface area (Å²) in [5.41, 5.74) is -5.41. The van der Waals surface area contributed by atoms with Crippen molar-refractivity contribution in [2.24, 2.45) is 0 Å². The summed E-state index contributed by atoms with van der Waals surface area (Å²) in [5, 5.41) is 10.1. The zero-order valence-electron chi connectivity index (χ0n) is 27.1. The molecule has 0 spiro atoms. The van der Waals surface area contributed by atoms with Crippen molar-refractivity contribution in [1.29, 1.82) is 0 Å². The molecule has 4 aromatic rings. The first-order valence-corrected chi connectivity index (χ1v) is 15.5. The Morgan fingerprint density at radius 1 is 0.920 bits per heavy atom. The van der Waals surface area contributed by atoms with E-state index in [0.29, 0.717) is 23.3 Å². The molecule has 0 aliphatic carbocycles. The first-order chi connectivity index (χ1) is 23.6. The largest absolute Gasteiger partial charge is 0.493 e. The number of benzene rings is 3. The van der Waals surface area contributed by atoms with Gasteiger partial charge in [0.1, 0.15) is 6.61 Å². The predicted octanol–water partition coefficient (Wildman–Crippen LogP) is 7.37. The number of alkyl halides is 6. The van der Waals surface area contributed by atoms with Gasteiger partial charge in [0.05, 0.1) is 54.3 Å². The topological polar surface area (TPSA) is 106 Å². The highest BCUT2D eigenvalue weighted by molar-refractivity contribution is 5.70. The summed E-state index contributed by atoms with van der Waals surface area (Å²) in [6.45, 7) is 0.503. The fourth-order valence-electron chi connectivity index (χ4n) is 6.38. The molecule has 1 saturated heterocycles. The van der Waals surface area contributed by atoms with Gasteiger partial charge in [0.2, 0.25) is 5.88 Å². The van der Waals surface area contributed by atoms with Crippen molar-refractivity contribution in [1.82, 2.24) is 14.5 Å². The number of rotatable bonds is 10. The van der Waals surface area contributed by atoms with Gasteiger partial charge >= 0.3 is 24.1 Å². The summed E-state index contributed by atoms with van der Waals surface area (Å²) in [6, 6.07) is 18.7. The number of likely N-dealkylation sites (tertiary alicyclic amines) is 1. The number of nitrogens with zero attached hydrogens (tertiary/aromatic N) is 2. The molecule has 0 bridgehead atoms. The van der Waals surface area contributed by atoms with Crippen LogP contribution < -0.4 is 5.69 Å². The zero-order valence-corrected chi connectivity index (χ0v) is 27.1. The van der Waals surface area contributed by atoms with E-state index < -0.39 is 58.3 Å². The van der Waals surface area contributed by atoms with Crippen LogP contribution in [0.15, 0.2) is 89.9 Å². The predicted molar refractivity (Wildman–Crippen MR) is 168 cm³/mol. The summed E-state index contributed by atoms with van der Waals surface area (Å²) >= 11 is 0. The number of aromatic nitrogens is 2. The highest BCUT2D eigenvalue weighted by Gasteiger charge is 2.53. The highest BCUT2D eigenvalue weighted by atomic mass is 19.4. The molecule has 1 aromatic heterocycles. The van der Waals surface area contributed by atoms with Gasteiger partial charge in [0.15, 0.2) is 0 Å². The van der Waals surface area contributed by atoms with Gasteiger partial charge in [-0.2, -0.15) is 26.3 Å². The lowest BCUT2D eigenvalue weighted by atomic mass is 9.74. The molecule has 0 unspecified atom stereocenters. The number of carbonyl (C=O) groups is 1. The Kier molecular flexibility index (Phi) is 10.4. The molecule has 15 heteroatoms. The average molecular weight is 708 g/mol. The standard InChI is InChI=1S/C35H35F6N3O6/c1-23(25-15-27(34(36,37)38)17-28(16-25)35(39,40)41)50-22-33(26-11-7-4-8-12-26)14-13-32(21-48-2,43-18-29(45)42-30(43)46)20-44(33)31(47)49-19-24-9-5-3-6-10-24/h3-12,15-18,23,45H,13-14,19-22H2,1-2H3,(H,42,46)/t23-,32+,33-/m1/s1. The Morgan fingerprint density at radius 3 is 2.06 bits per heavy atom. The first kappa shape index (κ1) is 36.5. The van der Waals surface area contributed by atoms with Crippen LogP contribution in [0.25, 0.3) is 0 Å². The second-order valence-corrected chi connectivity index (χ2v) is 12.3. The van der Waals surface area contributed by atoms with Crippen LogP contribution >= 0.6 is 0 Å². The lowest BCUT2D eigenvalue weighted by Crippen LogP contribution is -2.64. The smallest absolute Gasteiger partial charge is 0.416 e. The molecule has 1 aliphatic heterocycles. The lowest BCUT2D eigenvalue weighted by molar-refractivity contribution is -0.143. The number of ether oxygens (including phenoxy) is 3. The number of hydrogen-bond donors (Lipinski definition) is 2. The maximum Gasteiger partial charge on any atom is 0.416 e. The Balaban J connectivity index is 1.58. The number of hydrogen-bond acceptors (Lipinski definition) is 6. The minimum Gasteiger partial charge on any atom is -0.493 e. The first-order valence-electron chi connectivity index (χ1n) is 15.5.